The predicted molar refractivity (Wildman–Crippen MR) is 126 cm³/mol. The van der Waals surface area contributed by atoms with Crippen LogP contribution >= 0.6 is 23.2 Å². The second-order valence-corrected chi connectivity index (χ2v) is 8.62. The first-order chi connectivity index (χ1) is 15.4. The second-order valence-electron chi connectivity index (χ2n) is 7.80. The SMILES string of the molecule is COC(=O)[C@H](CCOCc1ccccc1)N1CC(C)N(c2ccc(Cl)c(Cl)c2)CCC1=O. The topological polar surface area (TPSA) is 59.1 Å². The molecule has 0 bridgehead atoms. The van der Waals surface area contributed by atoms with E-state index in [2.05, 4.69) is 4.90 Å². The van der Waals surface area contributed by atoms with Gasteiger partial charge in [0, 0.05) is 44.3 Å². The summed E-state index contributed by atoms with van der Waals surface area (Å²) in [5.41, 5.74) is 1.95. The minimum Gasteiger partial charge on any atom is -0.467 e. The highest BCUT2D eigenvalue weighted by atomic mass is 35.5. The Morgan fingerprint density at radius 1 is 1.16 bits per heavy atom. The molecule has 1 fully saturated rings. The molecule has 1 unspecified atom stereocenters. The van der Waals surface area contributed by atoms with Crippen molar-refractivity contribution in [3.63, 3.8) is 0 Å². The van der Waals surface area contributed by atoms with Gasteiger partial charge in [-0.1, -0.05) is 53.5 Å². The minimum atomic E-state index is -0.695. The van der Waals surface area contributed by atoms with Crippen LogP contribution in [-0.4, -0.2) is 55.7 Å². The molecule has 0 radical (unpaired) electrons. The number of anilines is 1. The van der Waals surface area contributed by atoms with Crippen LogP contribution in [0.4, 0.5) is 5.69 Å². The van der Waals surface area contributed by atoms with Crippen LogP contribution in [0.5, 0.6) is 0 Å². The number of methoxy groups -OCH3 is 1. The van der Waals surface area contributed by atoms with Gasteiger partial charge in [-0.15, -0.1) is 0 Å². The standard InChI is InChI=1S/C24H28Cl2N2O4/c1-17-15-28(23(29)10-12-27(17)19-8-9-20(25)21(26)14-19)22(24(30)31-2)11-13-32-16-18-6-4-3-5-7-18/h3-9,14,17,22H,10-13,15-16H2,1-2H3/t17?,22-/m0/s1. The molecule has 6 nitrogen and oxygen atoms in total. The van der Waals surface area contributed by atoms with Crippen molar-refractivity contribution in [1.82, 2.24) is 4.90 Å². The summed E-state index contributed by atoms with van der Waals surface area (Å²) in [7, 11) is 1.34. The summed E-state index contributed by atoms with van der Waals surface area (Å²) < 4.78 is 10.8. The molecule has 32 heavy (non-hydrogen) atoms. The molecule has 2 aromatic carbocycles. The lowest BCUT2D eigenvalue weighted by Gasteiger charge is -2.33. The van der Waals surface area contributed by atoms with Crippen molar-refractivity contribution in [3.8, 4) is 0 Å². The van der Waals surface area contributed by atoms with Gasteiger partial charge in [0.15, 0.2) is 0 Å². The Morgan fingerprint density at radius 3 is 2.59 bits per heavy atom. The predicted octanol–water partition coefficient (Wildman–Crippen LogP) is 4.57. The first kappa shape index (κ1) is 24.4. The number of carbonyl (C=O) groups is 2. The van der Waals surface area contributed by atoms with Crippen LogP contribution < -0.4 is 4.90 Å². The van der Waals surface area contributed by atoms with Crippen molar-refractivity contribution < 1.29 is 19.1 Å². The van der Waals surface area contributed by atoms with Crippen molar-refractivity contribution in [1.29, 1.82) is 0 Å². The number of ether oxygens (including phenoxy) is 2. The number of amides is 1. The molecule has 0 spiro atoms. The molecule has 0 N–H and O–H groups in total. The van der Waals surface area contributed by atoms with Gasteiger partial charge in [-0.2, -0.15) is 0 Å². The summed E-state index contributed by atoms with van der Waals surface area (Å²) in [6, 6.07) is 14.5. The van der Waals surface area contributed by atoms with E-state index in [1.807, 2.05) is 43.3 Å². The summed E-state index contributed by atoms with van der Waals surface area (Å²) in [5.74, 6) is -0.519. The zero-order chi connectivity index (χ0) is 23.1. The van der Waals surface area contributed by atoms with Gasteiger partial charge in [-0.3, -0.25) is 4.79 Å². The average Bonchev–Trinajstić information content (AvgIpc) is 2.94. The number of benzene rings is 2. The average molecular weight is 479 g/mol. The Kier molecular flexibility index (Phi) is 8.79. The normalized spacial score (nSPS) is 17.8. The van der Waals surface area contributed by atoms with Gasteiger partial charge >= 0.3 is 5.97 Å². The summed E-state index contributed by atoms with van der Waals surface area (Å²) in [6.45, 7) is 3.71. The molecule has 8 heteroatoms. The van der Waals surface area contributed by atoms with E-state index in [-0.39, 0.29) is 18.4 Å². The maximum Gasteiger partial charge on any atom is 0.328 e. The third-order valence-electron chi connectivity index (χ3n) is 5.61. The van der Waals surface area contributed by atoms with Gasteiger partial charge in [-0.05, 0) is 30.7 Å². The molecule has 2 aromatic rings. The Bertz CT molecular complexity index is 925. The smallest absolute Gasteiger partial charge is 0.328 e. The summed E-state index contributed by atoms with van der Waals surface area (Å²) >= 11 is 12.2. The number of hydrogen-bond donors (Lipinski definition) is 0. The molecular formula is C24H28Cl2N2O4. The highest BCUT2D eigenvalue weighted by molar-refractivity contribution is 6.42. The van der Waals surface area contributed by atoms with E-state index >= 15 is 0 Å². The number of halogens is 2. The van der Waals surface area contributed by atoms with E-state index in [4.69, 9.17) is 32.7 Å². The Balaban J connectivity index is 1.68. The second kappa shape index (κ2) is 11.5. The van der Waals surface area contributed by atoms with E-state index in [0.29, 0.717) is 42.8 Å². The largest absolute Gasteiger partial charge is 0.467 e. The monoisotopic (exact) mass is 478 g/mol. The maximum absolute atomic E-state index is 13.0. The fraction of sp³-hybridized carbons (Fsp3) is 0.417. The molecule has 3 rings (SSSR count). The van der Waals surface area contributed by atoms with Gasteiger partial charge < -0.3 is 19.3 Å². The van der Waals surface area contributed by atoms with Crippen LogP contribution in [0.3, 0.4) is 0 Å². The number of hydrogen-bond acceptors (Lipinski definition) is 5. The van der Waals surface area contributed by atoms with Gasteiger partial charge in [0.25, 0.3) is 0 Å². The van der Waals surface area contributed by atoms with E-state index in [1.165, 1.54) is 7.11 Å². The van der Waals surface area contributed by atoms with Gasteiger partial charge in [-0.25, -0.2) is 4.79 Å². The Labute approximate surface area is 199 Å². The summed E-state index contributed by atoms with van der Waals surface area (Å²) in [4.78, 5) is 29.3. The molecule has 1 aliphatic rings. The highest BCUT2D eigenvalue weighted by Gasteiger charge is 2.35. The van der Waals surface area contributed by atoms with E-state index in [0.717, 1.165) is 11.3 Å². The molecule has 1 aliphatic heterocycles. The number of nitrogens with zero attached hydrogens (tertiary/aromatic N) is 2. The molecule has 172 valence electrons. The van der Waals surface area contributed by atoms with Crippen LogP contribution in [-0.2, 0) is 25.7 Å². The number of rotatable bonds is 8. The molecule has 0 aliphatic carbocycles. The fourth-order valence-corrected chi connectivity index (χ4v) is 4.20. The van der Waals surface area contributed by atoms with Crippen LogP contribution in [0.1, 0.15) is 25.3 Å². The van der Waals surface area contributed by atoms with Crippen molar-refractivity contribution in [2.24, 2.45) is 0 Å². The first-order valence-electron chi connectivity index (χ1n) is 10.6. The molecular weight excluding hydrogens is 451 g/mol. The van der Waals surface area contributed by atoms with Gasteiger partial charge in [0.05, 0.1) is 23.8 Å². The molecule has 1 amide bonds. The highest BCUT2D eigenvalue weighted by Crippen LogP contribution is 2.30. The van der Waals surface area contributed by atoms with Crippen LogP contribution in [0.15, 0.2) is 48.5 Å². The van der Waals surface area contributed by atoms with Gasteiger partial charge in [0.2, 0.25) is 5.91 Å². The van der Waals surface area contributed by atoms with E-state index in [9.17, 15) is 9.59 Å². The molecule has 0 aromatic heterocycles. The third-order valence-corrected chi connectivity index (χ3v) is 6.35. The van der Waals surface area contributed by atoms with Crippen LogP contribution in [0, 0.1) is 0 Å². The van der Waals surface area contributed by atoms with Crippen LogP contribution in [0.2, 0.25) is 10.0 Å². The molecule has 0 saturated carbocycles. The zero-order valence-corrected chi connectivity index (χ0v) is 19.8. The first-order valence-corrected chi connectivity index (χ1v) is 11.4. The van der Waals surface area contributed by atoms with Crippen molar-refractivity contribution in [2.45, 2.75) is 38.5 Å². The molecule has 1 heterocycles. The maximum atomic E-state index is 13.0. The Hall–Kier alpha value is -2.28. The van der Waals surface area contributed by atoms with Crippen molar-refractivity contribution in [3.05, 3.63) is 64.1 Å². The van der Waals surface area contributed by atoms with Crippen molar-refractivity contribution >= 4 is 40.8 Å². The lowest BCUT2D eigenvalue weighted by atomic mass is 10.1. The summed E-state index contributed by atoms with van der Waals surface area (Å²) in [5, 5.41) is 0.948. The Morgan fingerprint density at radius 2 is 1.91 bits per heavy atom. The number of carbonyl (C=O) groups excluding carboxylic acids is 2. The van der Waals surface area contributed by atoms with E-state index in [1.54, 1.807) is 17.0 Å². The van der Waals surface area contributed by atoms with E-state index < -0.39 is 12.0 Å². The minimum absolute atomic E-state index is 0.0314. The quantitative estimate of drug-likeness (QED) is 0.410. The molecule has 1 saturated heterocycles. The zero-order valence-electron chi connectivity index (χ0n) is 18.3. The lowest BCUT2D eigenvalue weighted by molar-refractivity contribution is -0.153. The third kappa shape index (κ3) is 6.15. The van der Waals surface area contributed by atoms with Gasteiger partial charge in [0.1, 0.15) is 6.04 Å². The van der Waals surface area contributed by atoms with Crippen LogP contribution in [0.25, 0.3) is 0 Å². The summed E-state index contributed by atoms with van der Waals surface area (Å²) in [6.07, 6.45) is 0.647. The fourth-order valence-electron chi connectivity index (χ4n) is 3.91. The number of esters is 1. The lowest BCUT2D eigenvalue weighted by Crippen LogP contribution is -2.49. The van der Waals surface area contributed by atoms with Crippen molar-refractivity contribution in [2.75, 3.05) is 31.7 Å². The molecule has 2 atom stereocenters.